The van der Waals surface area contributed by atoms with Crippen molar-refractivity contribution >= 4 is 29.3 Å². The molecule has 1 aromatic carbocycles. The molecule has 1 aromatic heterocycles. The molecule has 0 aliphatic carbocycles. The smallest absolute Gasteiger partial charge is 0.229 e. The molecule has 1 aliphatic rings. The number of piperidine rings is 1. The highest BCUT2D eigenvalue weighted by Gasteiger charge is 2.28. The maximum atomic E-state index is 12.7. The third-order valence-corrected chi connectivity index (χ3v) is 5.84. The summed E-state index contributed by atoms with van der Waals surface area (Å²) >= 11 is 1.67. The van der Waals surface area contributed by atoms with Gasteiger partial charge in [-0.2, -0.15) is 0 Å². The van der Waals surface area contributed by atoms with E-state index in [0.29, 0.717) is 13.0 Å². The number of pyridine rings is 1. The summed E-state index contributed by atoms with van der Waals surface area (Å²) in [6.07, 6.45) is 4.91. The van der Waals surface area contributed by atoms with E-state index in [2.05, 4.69) is 16.4 Å². The number of benzene rings is 1. The zero-order valence-corrected chi connectivity index (χ0v) is 17.1. The Hall–Kier alpha value is -2.34. The van der Waals surface area contributed by atoms with Gasteiger partial charge >= 0.3 is 0 Å². The topological polar surface area (TPSA) is 62.3 Å². The van der Waals surface area contributed by atoms with Gasteiger partial charge in [0.25, 0.3) is 0 Å². The number of rotatable bonds is 7. The first-order valence-corrected chi connectivity index (χ1v) is 10.9. The number of hydrogen-bond donors (Lipinski definition) is 1. The molecule has 0 bridgehead atoms. The Labute approximate surface area is 170 Å². The van der Waals surface area contributed by atoms with Gasteiger partial charge in [-0.25, -0.2) is 4.98 Å². The fourth-order valence-corrected chi connectivity index (χ4v) is 4.17. The molecule has 3 rings (SSSR count). The van der Waals surface area contributed by atoms with E-state index < -0.39 is 0 Å². The SMILES string of the molecule is CCCC(=O)N1CCCC(C(=O)Nc2cccc(CSc3ccccn3)c2)C1. The van der Waals surface area contributed by atoms with Gasteiger partial charge in [0.2, 0.25) is 11.8 Å². The minimum Gasteiger partial charge on any atom is -0.342 e. The average Bonchev–Trinajstić information content (AvgIpc) is 2.73. The molecule has 1 fully saturated rings. The van der Waals surface area contributed by atoms with Crippen LogP contribution in [0.3, 0.4) is 0 Å². The minimum absolute atomic E-state index is 0.00327. The van der Waals surface area contributed by atoms with Crippen molar-refractivity contribution in [3.63, 3.8) is 0 Å². The number of nitrogens with one attached hydrogen (secondary N) is 1. The number of hydrogen-bond acceptors (Lipinski definition) is 4. The predicted molar refractivity (Wildman–Crippen MR) is 113 cm³/mol. The highest BCUT2D eigenvalue weighted by molar-refractivity contribution is 7.98. The lowest BCUT2D eigenvalue weighted by molar-refractivity contribution is -0.134. The summed E-state index contributed by atoms with van der Waals surface area (Å²) in [6.45, 7) is 3.30. The van der Waals surface area contributed by atoms with Crippen molar-refractivity contribution in [3.05, 3.63) is 54.2 Å². The summed E-state index contributed by atoms with van der Waals surface area (Å²) in [6, 6.07) is 13.8. The molecule has 2 heterocycles. The molecule has 28 heavy (non-hydrogen) atoms. The molecule has 2 amide bonds. The summed E-state index contributed by atoms with van der Waals surface area (Å²) in [4.78, 5) is 31.0. The third kappa shape index (κ3) is 5.83. The average molecular weight is 398 g/mol. The number of carbonyl (C=O) groups excluding carboxylic acids is 2. The second-order valence-electron chi connectivity index (χ2n) is 7.08. The first-order chi connectivity index (χ1) is 13.7. The van der Waals surface area contributed by atoms with Gasteiger partial charge in [0, 0.05) is 37.1 Å². The van der Waals surface area contributed by atoms with E-state index in [4.69, 9.17) is 0 Å². The second-order valence-corrected chi connectivity index (χ2v) is 8.07. The summed E-state index contributed by atoms with van der Waals surface area (Å²) < 4.78 is 0. The first kappa shape index (κ1) is 20.4. The van der Waals surface area contributed by atoms with Gasteiger partial charge in [0.15, 0.2) is 0 Å². The van der Waals surface area contributed by atoms with Crippen LogP contribution in [0.25, 0.3) is 0 Å². The quantitative estimate of drug-likeness (QED) is 0.706. The van der Waals surface area contributed by atoms with Crippen molar-refractivity contribution in [2.45, 2.75) is 43.4 Å². The monoisotopic (exact) mass is 397 g/mol. The molecule has 5 nitrogen and oxygen atoms in total. The largest absolute Gasteiger partial charge is 0.342 e. The van der Waals surface area contributed by atoms with Crippen molar-refractivity contribution < 1.29 is 9.59 Å². The van der Waals surface area contributed by atoms with Crippen LogP contribution in [0.4, 0.5) is 5.69 Å². The van der Waals surface area contributed by atoms with E-state index in [1.165, 1.54) is 0 Å². The molecule has 2 aromatic rings. The third-order valence-electron chi connectivity index (χ3n) is 4.83. The molecule has 0 radical (unpaired) electrons. The van der Waals surface area contributed by atoms with E-state index in [0.717, 1.165) is 47.8 Å². The molecule has 148 valence electrons. The van der Waals surface area contributed by atoms with Gasteiger partial charge in [-0.05, 0) is 49.1 Å². The van der Waals surface area contributed by atoms with Crippen LogP contribution in [0.15, 0.2) is 53.7 Å². The zero-order valence-electron chi connectivity index (χ0n) is 16.3. The Kier molecular flexibility index (Phi) is 7.48. The number of thioether (sulfide) groups is 1. The number of anilines is 1. The lowest BCUT2D eigenvalue weighted by Crippen LogP contribution is -2.43. The Morgan fingerprint density at radius 1 is 1.25 bits per heavy atom. The Morgan fingerprint density at radius 3 is 2.93 bits per heavy atom. The molecular weight excluding hydrogens is 370 g/mol. The van der Waals surface area contributed by atoms with E-state index in [1.54, 1.807) is 18.0 Å². The van der Waals surface area contributed by atoms with Gasteiger partial charge < -0.3 is 10.2 Å². The van der Waals surface area contributed by atoms with Crippen molar-refractivity contribution in [1.29, 1.82) is 0 Å². The van der Waals surface area contributed by atoms with Crippen molar-refractivity contribution in [2.75, 3.05) is 18.4 Å². The van der Waals surface area contributed by atoms with Crippen LogP contribution >= 0.6 is 11.8 Å². The standard InChI is InChI=1S/C22H27N3O2S/c1-2-7-21(26)25-13-6-9-18(15-25)22(27)24-19-10-5-8-17(14-19)16-28-20-11-3-4-12-23-20/h3-5,8,10-12,14,18H,2,6-7,9,13,15-16H2,1H3,(H,24,27). The predicted octanol–water partition coefficient (Wildman–Crippen LogP) is 4.35. The van der Waals surface area contributed by atoms with Gasteiger partial charge in [-0.1, -0.05) is 25.1 Å². The Balaban J connectivity index is 1.55. The van der Waals surface area contributed by atoms with Crippen LogP contribution in [0.2, 0.25) is 0 Å². The molecular formula is C22H27N3O2S. The van der Waals surface area contributed by atoms with Crippen molar-refractivity contribution in [2.24, 2.45) is 5.92 Å². The van der Waals surface area contributed by atoms with E-state index in [9.17, 15) is 9.59 Å². The molecule has 0 saturated carbocycles. The van der Waals surface area contributed by atoms with Crippen LogP contribution in [-0.2, 0) is 15.3 Å². The fraction of sp³-hybridized carbons (Fsp3) is 0.409. The van der Waals surface area contributed by atoms with Gasteiger partial charge in [-0.15, -0.1) is 11.8 Å². The molecule has 1 unspecified atom stereocenters. The maximum Gasteiger partial charge on any atom is 0.229 e. The zero-order chi connectivity index (χ0) is 19.8. The highest BCUT2D eigenvalue weighted by Crippen LogP contribution is 2.23. The minimum atomic E-state index is -0.138. The number of nitrogens with zero attached hydrogens (tertiary/aromatic N) is 2. The first-order valence-electron chi connectivity index (χ1n) is 9.87. The molecule has 0 spiro atoms. The summed E-state index contributed by atoms with van der Waals surface area (Å²) in [5.41, 5.74) is 1.94. The normalized spacial score (nSPS) is 16.6. The highest BCUT2D eigenvalue weighted by atomic mass is 32.2. The van der Waals surface area contributed by atoms with E-state index in [1.807, 2.05) is 48.2 Å². The molecule has 6 heteroatoms. The van der Waals surface area contributed by atoms with Crippen molar-refractivity contribution in [3.8, 4) is 0 Å². The summed E-state index contributed by atoms with van der Waals surface area (Å²) in [5.74, 6) is 0.821. The van der Waals surface area contributed by atoms with Crippen LogP contribution in [0.5, 0.6) is 0 Å². The lowest BCUT2D eigenvalue weighted by atomic mass is 9.96. The molecule has 1 atom stereocenters. The van der Waals surface area contributed by atoms with Crippen LogP contribution in [-0.4, -0.2) is 34.8 Å². The number of likely N-dealkylation sites (tertiary alicyclic amines) is 1. The Bertz CT molecular complexity index is 797. The summed E-state index contributed by atoms with van der Waals surface area (Å²) in [7, 11) is 0. The van der Waals surface area contributed by atoms with Crippen molar-refractivity contribution in [1.82, 2.24) is 9.88 Å². The fourth-order valence-electron chi connectivity index (χ4n) is 3.36. The van der Waals surface area contributed by atoms with Gasteiger partial charge in [-0.3, -0.25) is 9.59 Å². The molecule has 1 aliphatic heterocycles. The van der Waals surface area contributed by atoms with Crippen LogP contribution in [0, 0.1) is 5.92 Å². The van der Waals surface area contributed by atoms with Gasteiger partial charge in [0.05, 0.1) is 10.9 Å². The number of amides is 2. The Morgan fingerprint density at radius 2 is 2.14 bits per heavy atom. The number of carbonyl (C=O) groups is 2. The molecule has 1 saturated heterocycles. The lowest BCUT2D eigenvalue weighted by Gasteiger charge is -2.32. The van der Waals surface area contributed by atoms with E-state index >= 15 is 0 Å². The second kappa shape index (κ2) is 10.3. The van der Waals surface area contributed by atoms with E-state index in [-0.39, 0.29) is 17.7 Å². The molecule has 1 N–H and O–H groups in total. The van der Waals surface area contributed by atoms with Crippen LogP contribution in [0.1, 0.15) is 38.2 Å². The summed E-state index contributed by atoms with van der Waals surface area (Å²) in [5, 5.41) is 4.02. The van der Waals surface area contributed by atoms with Crippen LogP contribution < -0.4 is 5.32 Å². The maximum absolute atomic E-state index is 12.7. The van der Waals surface area contributed by atoms with Gasteiger partial charge in [0.1, 0.15) is 0 Å². The number of aromatic nitrogens is 1.